The van der Waals surface area contributed by atoms with Gasteiger partial charge in [-0.1, -0.05) is 18.2 Å². The minimum absolute atomic E-state index is 0.0162. The fourth-order valence-electron chi connectivity index (χ4n) is 4.10. The average Bonchev–Trinajstić information content (AvgIpc) is 2.74. The molecular formula is C16H19NO6S. The quantitative estimate of drug-likeness (QED) is 0.605. The Morgan fingerprint density at radius 2 is 2.21 bits per heavy atom. The summed E-state index contributed by atoms with van der Waals surface area (Å²) in [6.07, 6.45) is 4.11. The van der Waals surface area contributed by atoms with Crippen molar-refractivity contribution in [3.63, 3.8) is 0 Å². The van der Waals surface area contributed by atoms with Crippen molar-refractivity contribution in [1.82, 2.24) is 4.90 Å². The topological polar surface area (TPSA) is 96.3 Å². The van der Waals surface area contributed by atoms with Crippen LogP contribution in [0.5, 0.6) is 11.5 Å². The van der Waals surface area contributed by atoms with Crippen molar-refractivity contribution in [3.05, 3.63) is 35.4 Å². The minimum atomic E-state index is -4.64. The van der Waals surface area contributed by atoms with Crippen LogP contribution in [0.25, 0.3) is 0 Å². The third-order valence-electron chi connectivity index (χ3n) is 5.12. The zero-order valence-electron chi connectivity index (χ0n) is 13.2. The number of hydrogen-bond donors (Lipinski definition) is 2. The fourth-order valence-corrected chi connectivity index (χ4v) is 4.45. The van der Waals surface area contributed by atoms with Crippen LogP contribution in [0.1, 0.15) is 24.0 Å². The Morgan fingerprint density at radius 1 is 1.42 bits per heavy atom. The number of rotatable bonds is 2. The second kappa shape index (κ2) is 5.19. The number of aliphatic hydroxyl groups is 1. The first-order chi connectivity index (χ1) is 11.3. The van der Waals surface area contributed by atoms with Gasteiger partial charge in [0.25, 0.3) is 0 Å². The monoisotopic (exact) mass is 353 g/mol. The molecule has 0 saturated carbocycles. The highest BCUT2D eigenvalue weighted by Crippen LogP contribution is 2.55. The standard InChI is InChI=1S/C16H19NO6S/c1-17-7-6-16-5-4-11(18)8-13(16)22-15-12(23-24(19,20)21)3-2-10(9-17)14(15)16/h2-5,11,13,18H,6-9H2,1H3,(H,19,20,21). The molecule has 130 valence electrons. The van der Waals surface area contributed by atoms with Crippen LogP contribution >= 0.6 is 0 Å². The van der Waals surface area contributed by atoms with E-state index in [0.717, 1.165) is 24.1 Å². The molecule has 2 heterocycles. The van der Waals surface area contributed by atoms with Crippen LogP contribution in [0.15, 0.2) is 24.3 Å². The van der Waals surface area contributed by atoms with Crippen LogP contribution < -0.4 is 8.92 Å². The first kappa shape index (κ1) is 15.9. The van der Waals surface area contributed by atoms with Gasteiger partial charge in [0.05, 0.1) is 11.5 Å². The molecular weight excluding hydrogens is 334 g/mol. The van der Waals surface area contributed by atoms with Gasteiger partial charge in [0.2, 0.25) is 0 Å². The van der Waals surface area contributed by atoms with Crippen LogP contribution in [-0.4, -0.2) is 48.8 Å². The largest absolute Gasteiger partial charge is 0.485 e. The molecule has 0 aromatic heterocycles. The summed E-state index contributed by atoms with van der Waals surface area (Å²) in [5, 5.41) is 9.97. The number of hydrogen-bond acceptors (Lipinski definition) is 6. The van der Waals surface area contributed by atoms with Gasteiger partial charge in [-0.15, -0.1) is 0 Å². The van der Waals surface area contributed by atoms with Crippen molar-refractivity contribution >= 4 is 10.4 Å². The molecule has 4 rings (SSSR count). The predicted molar refractivity (Wildman–Crippen MR) is 85.4 cm³/mol. The Bertz CT molecular complexity index is 820. The highest BCUT2D eigenvalue weighted by molar-refractivity contribution is 7.81. The third-order valence-corrected chi connectivity index (χ3v) is 5.51. The normalized spacial score (nSPS) is 31.8. The molecule has 2 aliphatic heterocycles. The lowest BCUT2D eigenvalue weighted by atomic mass is 9.69. The van der Waals surface area contributed by atoms with Crippen LogP contribution in [0.3, 0.4) is 0 Å². The summed E-state index contributed by atoms with van der Waals surface area (Å²) in [6, 6.07) is 3.32. The molecule has 0 radical (unpaired) electrons. The lowest BCUT2D eigenvalue weighted by Gasteiger charge is -2.35. The molecule has 1 aromatic carbocycles. The van der Waals surface area contributed by atoms with E-state index >= 15 is 0 Å². The highest BCUT2D eigenvalue weighted by atomic mass is 32.3. The maximum atomic E-state index is 11.2. The fraction of sp³-hybridized carbons (Fsp3) is 0.500. The summed E-state index contributed by atoms with van der Waals surface area (Å²) < 4.78 is 42.1. The van der Waals surface area contributed by atoms with Crippen LogP contribution in [0.2, 0.25) is 0 Å². The first-order valence-electron chi connectivity index (χ1n) is 7.84. The van der Waals surface area contributed by atoms with Gasteiger partial charge in [-0.25, -0.2) is 0 Å². The van der Waals surface area contributed by atoms with E-state index in [9.17, 15) is 13.5 Å². The van der Waals surface area contributed by atoms with Gasteiger partial charge in [0.15, 0.2) is 11.5 Å². The van der Waals surface area contributed by atoms with E-state index in [4.69, 9.17) is 13.5 Å². The molecule has 0 saturated heterocycles. The molecule has 24 heavy (non-hydrogen) atoms. The average molecular weight is 353 g/mol. The van der Waals surface area contributed by atoms with E-state index in [0.29, 0.717) is 18.7 Å². The van der Waals surface area contributed by atoms with E-state index in [2.05, 4.69) is 4.90 Å². The molecule has 0 fully saturated rings. The number of ether oxygens (including phenoxy) is 1. The van der Waals surface area contributed by atoms with Gasteiger partial charge in [-0.2, -0.15) is 8.42 Å². The zero-order valence-corrected chi connectivity index (χ0v) is 14.0. The maximum Gasteiger partial charge on any atom is 0.446 e. The van der Waals surface area contributed by atoms with Crippen LogP contribution in [0, 0.1) is 0 Å². The molecule has 3 aliphatic rings. The first-order valence-corrected chi connectivity index (χ1v) is 9.21. The molecule has 3 unspecified atom stereocenters. The Hall–Kier alpha value is -1.61. The van der Waals surface area contributed by atoms with Crippen molar-refractivity contribution < 1.29 is 27.0 Å². The third kappa shape index (κ3) is 2.41. The van der Waals surface area contributed by atoms with Crippen molar-refractivity contribution in [1.29, 1.82) is 0 Å². The summed E-state index contributed by atoms with van der Waals surface area (Å²) in [5.74, 6) is 0.335. The molecule has 8 heteroatoms. The van der Waals surface area contributed by atoms with Crippen molar-refractivity contribution in [2.45, 2.75) is 37.0 Å². The molecule has 0 amide bonds. The maximum absolute atomic E-state index is 11.2. The van der Waals surface area contributed by atoms with E-state index in [1.165, 1.54) is 6.07 Å². The smallest absolute Gasteiger partial charge is 0.446 e. The van der Waals surface area contributed by atoms with Gasteiger partial charge in [0, 0.05) is 18.5 Å². The Kier molecular flexibility index (Phi) is 3.44. The van der Waals surface area contributed by atoms with E-state index in [-0.39, 0.29) is 11.9 Å². The summed E-state index contributed by atoms with van der Waals surface area (Å²) in [7, 11) is -2.61. The lowest BCUT2D eigenvalue weighted by molar-refractivity contribution is 0.0826. The van der Waals surface area contributed by atoms with Gasteiger partial charge >= 0.3 is 10.4 Å². The van der Waals surface area contributed by atoms with Crippen molar-refractivity contribution in [2.75, 3.05) is 13.6 Å². The predicted octanol–water partition coefficient (Wildman–Crippen LogP) is 1.02. The SMILES string of the molecule is CN1CCC23C=CC(O)CC2Oc2c(OS(=O)(=O)O)ccc(c23)C1. The number of nitrogens with zero attached hydrogens (tertiary/aromatic N) is 1. The molecule has 7 nitrogen and oxygen atoms in total. The van der Waals surface area contributed by atoms with Gasteiger partial charge in [-0.3, -0.25) is 4.55 Å². The van der Waals surface area contributed by atoms with E-state index in [1.807, 2.05) is 19.2 Å². The summed E-state index contributed by atoms with van der Waals surface area (Å²) in [4.78, 5) is 2.20. The number of aliphatic hydroxyl groups excluding tert-OH is 1. The molecule has 1 spiro atoms. The Morgan fingerprint density at radius 3 is 2.96 bits per heavy atom. The lowest BCUT2D eigenvalue weighted by Crippen LogP contribution is -2.42. The molecule has 1 aromatic rings. The van der Waals surface area contributed by atoms with Gasteiger partial charge in [-0.05, 0) is 31.6 Å². The Balaban J connectivity index is 1.92. The van der Waals surface area contributed by atoms with Crippen molar-refractivity contribution in [2.24, 2.45) is 0 Å². The molecule has 3 atom stereocenters. The second-order valence-electron chi connectivity index (χ2n) is 6.73. The van der Waals surface area contributed by atoms with E-state index < -0.39 is 21.9 Å². The molecule has 1 aliphatic carbocycles. The van der Waals surface area contributed by atoms with Crippen LogP contribution in [0.4, 0.5) is 0 Å². The van der Waals surface area contributed by atoms with Crippen molar-refractivity contribution in [3.8, 4) is 11.5 Å². The second-order valence-corrected chi connectivity index (χ2v) is 7.76. The summed E-state index contributed by atoms with van der Waals surface area (Å²) >= 11 is 0. The molecule has 0 bridgehead atoms. The van der Waals surface area contributed by atoms with Gasteiger partial charge < -0.3 is 18.9 Å². The van der Waals surface area contributed by atoms with E-state index in [1.54, 1.807) is 6.08 Å². The summed E-state index contributed by atoms with van der Waals surface area (Å²) in [6.45, 7) is 1.56. The minimum Gasteiger partial charge on any atom is -0.485 e. The number of benzene rings is 1. The zero-order chi connectivity index (χ0) is 17.1. The summed E-state index contributed by atoms with van der Waals surface area (Å²) in [5.41, 5.74) is 1.53. The molecule has 2 N–H and O–H groups in total. The van der Waals surface area contributed by atoms with Gasteiger partial charge in [0.1, 0.15) is 6.10 Å². The Labute approximate surface area is 140 Å². The highest BCUT2D eigenvalue weighted by Gasteiger charge is 2.52. The van der Waals surface area contributed by atoms with Crippen LogP contribution in [-0.2, 0) is 22.4 Å².